The van der Waals surface area contributed by atoms with Crippen molar-refractivity contribution in [3.05, 3.63) is 62.7 Å². The molecule has 0 amide bonds. The number of ether oxygens (including phenoxy) is 1. The Morgan fingerprint density at radius 2 is 1.90 bits per heavy atom. The van der Waals surface area contributed by atoms with E-state index in [0.717, 1.165) is 0 Å². The Kier molecular flexibility index (Phi) is 4.00. The number of nitrogens with zero attached hydrogens (tertiary/aromatic N) is 1. The standard InChI is InChI=1S/C14H10ClNO4/c1-9-4-2-7-12(16(18)19)13(9)20-14-10(8-17)5-3-6-11(14)15/h2-8H,1H3. The molecular weight excluding hydrogens is 282 g/mol. The van der Waals surface area contributed by atoms with Gasteiger partial charge in [0.2, 0.25) is 5.75 Å². The summed E-state index contributed by atoms with van der Waals surface area (Å²) in [5.41, 5.74) is 0.632. The highest BCUT2D eigenvalue weighted by Gasteiger charge is 2.20. The fourth-order valence-electron chi connectivity index (χ4n) is 1.74. The van der Waals surface area contributed by atoms with Crippen LogP contribution in [0, 0.1) is 17.0 Å². The van der Waals surface area contributed by atoms with Crippen LogP contribution >= 0.6 is 11.6 Å². The fraction of sp³-hybridized carbons (Fsp3) is 0.0714. The fourth-order valence-corrected chi connectivity index (χ4v) is 1.96. The molecule has 0 aliphatic rings. The maximum absolute atomic E-state index is 11.0. The van der Waals surface area contributed by atoms with Gasteiger partial charge < -0.3 is 4.74 Å². The quantitative estimate of drug-likeness (QED) is 0.482. The lowest BCUT2D eigenvalue weighted by Gasteiger charge is -2.11. The number of hydrogen-bond acceptors (Lipinski definition) is 4. The number of carbonyl (C=O) groups is 1. The molecule has 2 aromatic carbocycles. The van der Waals surface area contributed by atoms with Crippen LogP contribution in [-0.2, 0) is 0 Å². The van der Waals surface area contributed by atoms with Gasteiger partial charge in [-0.05, 0) is 24.6 Å². The molecule has 0 aliphatic carbocycles. The number of benzene rings is 2. The molecule has 0 fully saturated rings. The summed E-state index contributed by atoms with van der Waals surface area (Å²) < 4.78 is 5.55. The summed E-state index contributed by atoms with van der Waals surface area (Å²) in [5, 5.41) is 11.2. The van der Waals surface area contributed by atoms with Crippen molar-refractivity contribution in [2.75, 3.05) is 0 Å². The number of aldehydes is 1. The summed E-state index contributed by atoms with van der Waals surface area (Å²) in [6.07, 6.45) is 0.589. The van der Waals surface area contributed by atoms with Crippen LogP contribution in [-0.4, -0.2) is 11.2 Å². The first-order chi connectivity index (χ1) is 9.54. The largest absolute Gasteiger partial charge is 0.448 e. The lowest BCUT2D eigenvalue weighted by molar-refractivity contribution is -0.385. The summed E-state index contributed by atoms with van der Waals surface area (Å²) in [6.45, 7) is 1.68. The molecule has 0 heterocycles. The second-order valence-electron chi connectivity index (χ2n) is 4.06. The van der Waals surface area contributed by atoms with Gasteiger partial charge in [0.1, 0.15) is 0 Å². The van der Waals surface area contributed by atoms with Crippen LogP contribution in [0.1, 0.15) is 15.9 Å². The molecule has 0 radical (unpaired) electrons. The van der Waals surface area contributed by atoms with Crippen molar-refractivity contribution >= 4 is 23.6 Å². The van der Waals surface area contributed by atoms with Crippen LogP contribution < -0.4 is 4.74 Å². The number of nitro groups is 1. The van der Waals surface area contributed by atoms with Crippen molar-refractivity contribution in [3.8, 4) is 11.5 Å². The van der Waals surface area contributed by atoms with E-state index in [2.05, 4.69) is 0 Å². The van der Waals surface area contributed by atoms with Gasteiger partial charge in [0.05, 0.1) is 15.5 Å². The minimum absolute atomic E-state index is 0.0775. The molecule has 5 nitrogen and oxygen atoms in total. The van der Waals surface area contributed by atoms with Crippen LogP contribution in [0.4, 0.5) is 5.69 Å². The molecule has 0 atom stereocenters. The van der Waals surface area contributed by atoms with Gasteiger partial charge in [0, 0.05) is 6.07 Å². The second-order valence-corrected chi connectivity index (χ2v) is 4.47. The molecule has 0 saturated heterocycles. The molecule has 0 bridgehead atoms. The Hall–Kier alpha value is -2.40. The van der Waals surface area contributed by atoms with E-state index in [-0.39, 0.29) is 27.8 Å². The molecule has 0 aliphatic heterocycles. The minimum atomic E-state index is -0.542. The van der Waals surface area contributed by atoms with Crippen molar-refractivity contribution in [1.29, 1.82) is 0 Å². The van der Waals surface area contributed by atoms with E-state index in [1.165, 1.54) is 12.1 Å². The predicted molar refractivity (Wildman–Crippen MR) is 74.7 cm³/mol. The predicted octanol–water partition coefficient (Wildman–Crippen LogP) is 4.16. The van der Waals surface area contributed by atoms with E-state index in [9.17, 15) is 14.9 Å². The Morgan fingerprint density at radius 3 is 2.55 bits per heavy atom. The zero-order valence-electron chi connectivity index (χ0n) is 10.5. The van der Waals surface area contributed by atoms with Gasteiger partial charge in [-0.3, -0.25) is 14.9 Å². The molecule has 0 unspecified atom stereocenters. The molecule has 20 heavy (non-hydrogen) atoms. The normalized spacial score (nSPS) is 10.1. The van der Waals surface area contributed by atoms with Crippen LogP contribution in [0.5, 0.6) is 11.5 Å². The number of aryl methyl sites for hydroxylation is 1. The van der Waals surface area contributed by atoms with Crippen LogP contribution in [0.25, 0.3) is 0 Å². The molecule has 102 valence electrons. The van der Waals surface area contributed by atoms with E-state index in [0.29, 0.717) is 11.8 Å². The third-order valence-electron chi connectivity index (χ3n) is 2.72. The number of hydrogen-bond donors (Lipinski definition) is 0. The van der Waals surface area contributed by atoms with Crippen molar-refractivity contribution < 1.29 is 14.5 Å². The van der Waals surface area contributed by atoms with E-state index < -0.39 is 4.92 Å². The molecule has 0 aromatic heterocycles. The number of carbonyl (C=O) groups excluding carboxylic acids is 1. The van der Waals surface area contributed by atoms with Gasteiger partial charge in [-0.2, -0.15) is 0 Å². The summed E-state index contributed by atoms with van der Waals surface area (Å²) in [7, 11) is 0. The van der Waals surface area contributed by atoms with Crippen LogP contribution in [0.2, 0.25) is 5.02 Å². The molecule has 2 aromatic rings. The first-order valence-electron chi connectivity index (χ1n) is 5.70. The minimum Gasteiger partial charge on any atom is -0.448 e. The van der Waals surface area contributed by atoms with Gasteiger partial charge in [-0.1, -0.05) is 29.8 Å². The number of nitro benzene ring substituents is 1. The first-order valence-corrected chi connectivity index (χ1v) is 6.08. The Balaban J connectivity index is 2.56. The number of para-hydroxylation sites is 2. The topological polar surface area (TPSA) is 69.4 Å². The van der Waals surface area contributed by atoms with Crippen molar-refractivity contribution in [2.24, 2.45) is 0 Å². The van der Waals surface area contributed by atoms with Gasteiger partial charge in [0.15, 0.2) is 12.0 Å². The van der Waals surface area contributed by atoms with Crippen molar-refractivity contribution in [1.82, 2.24) is 0 Å². The van der Waals surface area contributed by atoms with E-state index in [1.54, 1.807) is 31.2 Å². The first kappa shape index (κ1) is 14.0. The molecule has 6 heteroatoms. The van der Waals surface area contributed by atoms with Gasteiger partial charge in [-0.25, -0.2) is 0 Å². The van der Waals surface area contributed by atoms with Crippen LogP contribution in [0.3, 0.4) is 0 Å². The smallest absolute Gasteiger partial charge is 0.311 e. The summed E-state index contributed by atoms with van der Waals surface area (Å²) >= 11 is 5.99. The molecule has 2 rings (SSSR count). The number of rotatable bonds is 4. The third-order valence-corrected chi connectivity index (χ3v) is 3.01. The Morgan fingerprint density at radius 1 is 1.20 bits per heavy atom. The van der Waals surface area contributed by atoms with Gasteiger partial charge >= 0.3 is 5.69 Å². The molecule has 0 spiro atoms. The van der Waals surface area contributed by atoms with E-state index in [4.69, 9.17) is 16.3 Å². The number of halogens is 1. The highest BCUT2D eigenvalue weighted by molar-refractivity contribution is 6.32. The average Bonchev–Trinajstić information content (AvgIpc) is 2.42. The Bertz CT molecular complexity index is 685. The second kappa shape index (κ2) is 5.71. The monoisotopic (exact) mass is 291 g/mol. The highest BCUT2D eigenvalue weighted by Crippen LogP contribution is 2.38. The Labute approximate surface area is 119 Å². The lowest BCUT2D eigenvalue weighted by Crippen LogP contribution is -1.98. The van der Waals surface area contributed by atoms with E-state index >= 15 is 0 Å². The van der Waals surface area contributed by atoms with Crippen LogP contribution in [0.15, 0.2) is 36.4 Å². The zero-order chi connectivity index (χ0) is 14.7. The zero-order valence-corrected chi connectivity index (χ0v) is 11.3. The van der Waals surface area contributed by atoms with Gasteiger partial charge in [0.25, 0.3) is 0 Å². The summed E-state index contributed by atoms with van der Waals surface area (Å²) in [6, 6.07) is 9.25. The third kappa shape index (κ3) is 2.62. The van der Waals surface area contributed by atoms with E-state index in [1.807, 2.05) is 0 Å². The summed E-state index contributed by atoms with van der Waals surface area (Å²) in [4.78, 5) is 21.5. The maximum Gasteiger partial charge on any atom is 0.311 e. The maximum atomic E-state index is 11.0. The lowest BCUT2D eigenvalue weighted by atomic mass is 10.2. The summed E-state index contributed by atoms with van der Waals surface area (Å²) in [5.74, 6) is 0.190. The average molecular weight is 292 g/mol. The molecular formula is C14H10ClNO4. The highest BCUT2D eigenvalue weighted by atomic mass is 35.5. The van der Waals surface area contributed by atoms with Crippen molar-refractivity contribution in [3.63, 3.8) is 0 Å². The molecule has 0 saturated carbocycles. The molecule has 0 N–H and O–H groups in total. The van der Waals surface area contributed by atoms with Crippen molar-refractivity contribution in [2.45, 2.75) is 6.92 Å². The SMILES string of the molecule is Cc1cccc([N+](=O)[O-])c1Oc1c(Cl)cccc1C=O. The van der Waals surface area contributed by atoms with Gasteiger partial charge in [-0.15, -0.1) is 0 Å².